The number of hydrogen-bond donors (Lipinski definition) is 2. The van der Waals surface area contributed by atoms with Crippen LogP contribution in [-0.2, 0) is 4.79 Å². The van der Waals surface area contributed by atoms with Gasteiger partial charge in [0.2, 0.25) is 5.91 Å². The standard InChI is InChI=1S/C6H7N3O3S/c1-3(10)8-5-2-4(9(11)12)6(7)13-5/h2H,7H2,1H3,(H,8,10). The lowest BCUT2D eigenvalue weighted by atomic mass is 10.5. The third-order valence-corrected chi connectivity index (χ3v) is 2.10. The van der Waals surface area contributed by atoms with Gasteiger partial charge in [0.25, 0.3) is 0 Å². The van der Waals surface area contributed by atoms with Gasteiger partial charge in [-0.1, -0.05) is 11.3 Å². The molecule has 1 aromatic heterocycles. The number of anilines is 2. The summed E-state index contributed by atoms with van der Waals surface area (Å²) in [7, 11) is 0. The van der Waals surface area contributed by atoms with Crippen LogP contribution in [0.25, 0.3) is 0 Å². The van der Waals surface area contributed by atoms with Gasteiger partial charge >= 0.3 is 5.69 Å². The van der Waals surface area contributed by atoms with Gasteiger partial charge in [0.05, 0.1) is 11.0 Å². The first-order chi connectivity index (χ1) is 6.00. The predicted octanol–water partition coefficient (Wildman–Crippen LogP) is 1.20. The molecule has 0 bridgehead atoms. The molecule has 0 fully saturated rings. The van der Waals surface area contributed by atoms with Crippen molar-refractivity contribution in [2.45, 2.75) is 6.92 Å². The SMILES string of the molecule is CC(=O)Nc1cc([N+](=O)[O-])c(N)s1. The zero-order valence-corrected chi connectivity index (χ0v) is 7.55. The Morgan fingerprint density at radius 2 is 2.38 bits per heavy atom. The van der Waals surface area contributed by atoms with Gasteiger partial charge < -0.3 is 11.1 Å². The van der Waals surface area contributed by atoms with Crippen molar-refractivity contribution >= 4 is 32.9 Å². The Morgan fingerprint density at radius 3 is 2.77 bits per heavy atom. The molecule has 13 heavy (non-hydrogen) atoms. The average Bonchev–Trinajstić information content (AvgIpc) is 2.29. The second-order valence-corrected chi connectivity index (χ2v) is 3.38. The van der Waals surface area contributed by atoms with E-state index in [2.05, 4.69) is 5.32 Å². The lowest BCUT2D eigenvalue weighted by Gasteiger charge is -1.92. The fourth-order valence-electron chi connectivity index (χ4n) is 0.773. The van der Waals surface area contributed by atoms with Crippen LogP contribution in [0.4, 0.5) is 15.7 Å². The Labute approximate surface area is 77.5 Å². The molecule has 6 nitrogen and oxygen atoms in total. The second-order valence-electron chi connectivity index (χ2n) is 2.30. The van der Waals surface area contributed by atoms with Crippen molar-refractivity contribution in [1.82, 2.24) is 0 Å². The molecule has 0 aliphatic heterocycles. The van der Waals surface area contributed by atoms with Gasteiger partial charge in [-0.05, 0) is 0 Å². The number of nitrogens with one attached hydrogen (secondary N) is 1. The minimum absolute atomic E-state index is 0.0914. The van der Waals surface area contributed by atoms with E-state index in [0.29, 0.717) is 5.00 Å². The molecule has 0 saturated carbocycles. The van der Waals surface area contributed by atoms with Crippen LogP contribution in [0.1, 0.15) is 6.92 Å². The summed E-state index contributed by atoms with van der Waals surface area (Å²) in [6.07, 6.45) is 0. The van der Waals surface area contributed by atoms with Gasteiger partial charge in [-0.25, -0.2) is 0 Å². The van der Waals surface area contributed by atoms with E-state index in [-0.39, 0.29) is 16.6 Å². The fraction of sp³-hybridized carbons (Fsp3) is 0.167. The van der Waals surface area contributed by atoms with Crippen LogP contribution in [0.5, 0.6) is 0 Å². The normalized spacial score (nSPS) is 9.62. The molecule has 0 saturated heterocycles. The molecular weight excluding hydrogens is 194 g/mol. The van der Waals surface area contributed by atoms with Crippen LogP contribution in [0.3, 0.4) is 0 Å². The molecule has 0 atom stereocenters. The van der Waals surface area contributed by atoms with Crippen molar-refractivity contribution in [2.24, 2.45) is 0 Å². The first-order valence-corrected chi connectivity index (χ1v) is 4.13. The highest BCUT2D eigenvalue weighted by atomic mass is 32.1. The number of thiophene rings is 1. The first kappa shape index (κ1) is 9.46. The van der Waals surface area contributed by atoms with Gasteiger partial charge in [0.1, 0.15) is 5.00 Å². The van der Waals surface area contributed by atoms with Gasteiger partial charge in [0.15, 0.2) is 5.00 Å². The van der Waals surface area contributed by atoms with Crippen molar-refractivity contribution < 1.29 is 9.72 Å². The van der Waals surface area contributed by atoms with Crippen LogP contribution in [0.2, 0.25) is 0 Å². The molecule has 1 heterocycles. The van der Waals surface area contributed by atoms with Crippen molar-refractivity contribution in [3.63, 3.8) is 0 Å². The van der Waals surface area contributed by atoms with E-state index >= 15 is 0 Å². The number of nitro groups is 1. The summed E-state index contributed by atoms with van der Waals surface area (Å²) >= 11 is 0.975. The molecule has 70 valence electrons. The Kier molecular flexibility index (Phi) is 2.47. The molecular formula is C6H7N3O3S. The van der Waals surface area contributed by atoms with Crippen LogP contribution >= 0.6 is 11.3 Å². The molecule has 0 radical (unpaired) electrons. The summed E-state index contributed by atoms with van der Waals surface area (Å²) < 4.78 is 0. The number of amides is 1. The molecule has 3 N–H and O–H groups in total. The fourth-order valence-corrected chi connectivity index (χ4v) is 1.61. The van der Waals surface area contributed by atoms with Crippen LogP contribution < -0.4 is 11.1 Å². The number of carbonyl (C=O) groups is 1. The van der Waals surface area contributed by atoms with E-state index in [9.17, 15) is 14.9 Å². The number of nitrogen functional groups attached to an aromatic ring is 1. The molecule has 1 rings (SSSR count). The van der Waals surface area contributed by atoms with Gasteiger partial charge in [0, 0.05) is 6.92 Å². The predicted molar refractivity (Wildman–Crippen MR) is 49.7 cm³/mol. The van der Waals surface area contributed by atoms with Gasteiger partial charge in [-0.15, -0.1) is 0 Å². The van der Waals surface area contributed by atoms with E-state index in [1.165, 1.54) is 13.0 Å². The van der Waals surface area contributed by atoms with Crippen molar-refractivity contribution in [2.75, 3.05) is 11.1 Å². The Morgan fingerprint density at radius 1 is 1.77 bits per heavy atom. The first-order valence-electron chi connectivity index (χ1n) is 3.32. The maximum atomic E-state index is 10.6. The third kappa shape index (κ3) is 2.15. The molecule has 0 aliphatic rings. The molecule has 0 spiro atoms. The van der Waals surface area contributed by atoms with E-state index in [1.54, 1.807) is 0 Å². The monoisotopic (exact) mass is 201 g/mol. The lowest BCUT2D eigenvalue weighted by Crippen LogP contribution is -2.03. The molecule has 1 amide bonds. The van der Waals surface area contributed by atoms with Crippen LogP contribution in [0, 0.1) is 10.1 Å². The highest BCUT2D eigenvalue weighted by molar-refractivity contribution is 7.20. The highest BCUT2D eigenvalue weighted by Gasteiger charge is 2.16. The average molecular weight is 201 g/mol. The third-order valence-electron chi connectivity index (χ3n) is 1.24. The zero-order valence-electron chi connectivity index (χ0n) is 6.73. The van der Waals surface area contributed by atoms with Gasteiger partial charge in [-0.3, -0.25) is 14.9 Å². The summed E-state index contributed by atoms with van der Waals surface area (Å²) in [5, 5.41) is 13.2. The summed E-state index contributed by atoms with van der Waals surface area (Å²) in [4.78, 5) is 20.3. The van der Waals surface area contributed by atoms with Crippen molar-refractivity contribution in [1.29, 1.82) is 0 Å². The summed E-state index contributed by atoms with van der Waals surface area (Å²) in [5.74, 6) is -0.281. The summed E-state index contributed by atoms with van der Waals surface area (Å²) in [6.45, 7) is 1.32. The molecule has 0 aliphatic carbocycles. The maximum Gasteiger partial charge on any atom is 0.305 e. The van der Waals surface area contributed by atoms with E-state index in [1.807, 2.05) is 0 Å². The smallest absolute Gasteiger partial charge is 0.305 e. The molecule has 7 heteroatoms. The van der Waals surface area contributed by atoms with E-state index in [4.69, 9.17) is 5.73 Å². The molecule has 0 aromatic carbocycles. The van der Waals surface area contributed by atoms with Crippen LogP contribution in [-0.4, -0.2) is 10.8 Å². The second kappa shape index (κ2) is 3.40. The minimum atomic E-state index is -0.586. The van der Waals surface area contributed by atoms with Gasteiger partial charge in [-0.2, -0.15) is 0 Å². The Balaban J connectivity index is 2.95. The highest BCUT2D eigenvalue weighted by Crippen LogP contribution is 2.34. The summed E-state index contributed by atoms with van der Waals surface area (Å²) in [6, 6.07) is 1.24. The van der Waals surface area contributed by atoms with Crippen molar-refractivity contribution in [3.8, 4) is 0 Å². The molecule has 1 aromatic rings. The largest absolute Gasteiger partial charge is 0.385 e. The minimum Gasteiger partial charge on any atom is -0.385 e. The van der Waals surface area contributed by atoms with E-state index in [0.717, 1.165) is 11.3 Å². The maximum absolute atomic E-state index is 10.6. The Bertz CT molecular complexity index is 360. The summed E-state index contributed by atoms with van der Waals surface area (Å²) in [5.41, 5.74) is 5.17. The quantitative estimate of drug-likeness (QED) is 0.554. The number of rotatable bonds is 2. The Hall–Kier alpha value is -1.63. The number of nitrogens with zero attached hydrogens (tertiary/aromatic N) is 1. The lowest BCUT2D eigenvalue weighted by molar-refractivity contribution is -0.383. The topological polar surface area (TPSA) is 98.3 Å². The van der Waals surface area contributed by atoms with Crippen LogP contribution in [0.15, 0.2) is 6.07 Å². The number of nitrogens with two attached hydrogens (primary N) is 1. The number of carbonyl (C=O) groups excluding carboxylic acids is 1. The molecule has 0 unspecified atom stereocenters. The van der Waals surface area contributed by atoms with E-state index < -0.39 is 4.92 Å². The van der Waals surface area contributed by atoms with Crippen molar-refractivity contribution in [3.05, 3.63) is 16.2 Å². The number of hydrogen-bond acceptors (Lipinski definition) is 5. The zero-order chi connectivity index (χ0) is 10.0.